The van der Waals surface area contributed by atoms with Gasteiger partial charge in [0.1, 0.15) is 0 Å². The van der Waals surface area contributed by atoms with Gasteiger partial charge in [-0.2, -0.15) is 0 Å². The van der Waals surface area contributed by atoms with Gasteiger partial charge in [-0.3, -0.25) is 4.99 Å². The summed E-state index contributed by atoms with van der Waals surface area (Å²) in [5.74, 6) is 2.25. The van der Waals surface area contributed by atoms with E-state index in [4.69, 9.17) is 0 Å². The Bertz CT molecular complexity index is 729. The van der Waals surface area contributed by atoms with E-state index in [9.17, 15) is 8.42 Å². The van der Waals surface area contributed by atoms with Crippen LogP contribution in [0.3, 0.4) is 0 Å². The zero-order valence-electron chi connectivity index (χ0n) is 16.6. The van der Waals surface area contributed by atoms with Crippen LogP contribution in [0.1, 0.15) is 32.3 Å². The van der Waals surface area contributed by atoms with Crippen LogP contribution in [0.4, 0.5) is 0 Å². The molecule has 6 nitrogen and oxygen atoms in total. The Hall–Kier alpha value is -1.60. The number of nitrogens with zero attached hydrogens (tertiary/aromatic N) is 3. The van der Waals surface area contributed by atoms with E-state index in [1.54, 1.807) is 33.3 Å². The van der Waals surface area contributed by atoms with Crippen molar-refractivity contribution in [3.05, 3.63) is 29.8 Å². The van der Waals surface area contributed by atoms with E-state index in [0.29, 0.717) is 23.3 Å². The molecule has 2 rings (SSSR count). The van der Waals surface area contributed by atoms with Crippen molar-refractivity contribution in [3.8, 4) is 0 Å². The van der Waals surface area contributed by atoms with E-state index in [-0.39, 0.29) is 0 Å². The van der Waals surface area contributed by atoms with E-state index in [2.05, 4.69) is 29.1 Å². The number of hydrogen-bond donors (Lipinski definition) is 1. The number of nitrogens with one attached hydrogen (secondary N) is 1. The molecule has 1 aromatic rings. The molecule has 0 aromatic heterocycles. The highest BCUT2D eigenvalue weighted by Gasteiger charge is 2.26. The van der Waals surface area contributed by atoms with Gasteiger partial charge in [-0.15, -0.1) is 0 Å². The summed E-state index contributed by atoms with van der Waals surface area (Å²) in [4.78, 5) is 7.01. The third kappa shape index (κ3) is 4.98. The lowest BCUT2D eigenvalue weighted by Crippen LogP contribution is -2.40. The van der Waals surface area contributed by atoms with Gasteiger partial charge >= 0.3 is 0 Å². The van der Waals surface area contributed by atoms with E-state index in [1.807, 2.05) is 12.1 Å². The summed E-state index contributed by atoms with van der Waals surface area (Å²) in [6.45, 7) is 6.96. The number of aliphatic imine (C=N–C) groups is 1. The summed E-state index contributed by atoms with van der Waals surface area (Å²) in [6.07, 6.45) is 2.42. The Morgan fingerprint density at radius 3 is 2.65 bits per heavy atom. The molecular formula is C19H32N4O2S. The van der Waals surface area contributed by atoms with Gasteiger partial charge in [0.15, 0.2) is 5.96 Å². The van der Waals surface area contributed by atoms with Crippen molar-refractivity contribution < 1.29 is 8.42 Å². The normalized spacial score (nSPS) is 18.8. The Morgan fingerprint density at radius 2 is 2.04 bits per heavy atom. The lowest BCUT2D eigenvalue weighted by molar-refractivity contribution is 0.403. The number of hydrogen-bond acceptors (Lipinski definition) is 3. The average molecular weight is 381 g/mol. The first-order chi connectivity index (χ1) is 12.3. The van der Waals surface area contributed by atoms with Gasteiger partial charge in [0.25, 0.3) is 0 Å². The maximum absolute atomic E-state index is 12.5. The van der Waals surface area contributed by atoms with Gasteiger partial charge in [-0.25, -0.2) is 12.7 Å². The molecule has 1 unspecified atom stereocenters. The van der Waals surface area contributed by atoms with Gasteiger partial charge in [-0.05, 0) is 36.3 Å². The first-order valence-electron chi connectivity index (χ1n) is 9.21. The summed E-state index contributed by atoms with van der Waals surface area (Å²) in [6, 6.07) is 7.13. The lowest BCUT2D eigenvalue weighted by Gasteiger charge is -2.23. The third-order valence-electron chi connectivity index (χ3n) is 4.77. The minimum absolute atomic E-state index is 0.340. The molecule has 1 aliphatic heterocycles. The minimum atomic E-state index is -3.46. The summed E-state index contributed by atoms with van der Waals surface area (Å²) in [7, 11) is 1.42. The van der Waals surface area contributed by atoms with Crippen molar-refractivity contribution in [1.82, 2.24) is 14.5 Å². The molecule has 26 heavy (non-hydrogen) atoms. The van der Waals surface area contributed by atoms with Crippen LogP contribution < -0.4 is 5.32 Å². The average Bonchev–Trinajstić information content (AvgIpc) is 3.03. The Labute approximate surface area is 158 Å². The monoisotopic (exact) mass is 380 g/mol. The van der Waals surface area contributed by atoms with Crippen LogP contribution in [0, 0.1) is 11.8 Å². The highest BCUT2D eigenvalue weighted by Crippen LogP contribution is 2.23. The van der Waals surface area contributed by atoms with Gasteiger partial charge in [0, 0.05) is 40.8 Å². The minimum Gasteiger partial charge on any atom is -0.352 e. The van der Waals surface area contributed by atoms with Gasteiger partial charge < -0.3 is 10.2 Å². The van der Waals surface area contributed by atoms with Crippen molar-refractivity contribution in [1.29, 1.82) is 0 Å². The molecule has 1 N–H and O–H groups in total. The largest absolute Gasteiger partial charge is 0.352 e. The Balaban J connectivity index is 2.07. The fourth-order valence-electron chi connectivity index (χ4n) is 3.49. The van der Waals surface area contributed by atoms with Crippen LogP contribution in [0.5, 0.6) is 0 Å². The summed E-state index contributed by atoms with van der Waals surface area (Å²) >= 11 is 0. The molecule has 1 fully saturated rings. The van der Waals surface area contributed by atoms with Crippen molar-refractivity contribution in [3.63, 3.8) is 0 Å². The standard InChI is InChI=1S/C19H32N4O2S/c1-15(2)12-16-10-11-23(14-16)19(20-3)21-13-17-8-6-7-9-18(17)26(24,25)22(4)5/h6-9,15-16H,10-14H2,1-5H3,(H,20,21). The smallest absolute Gasteiger partial charge is 0.242 e. The predicted molar refractivity (Wildman–Crippen MR) is 107 cm³/mol. The zero-order chi connectivity index (χ0) is 19.3. The van der Waals surface area contributed by atoms with Crippen molar-refractivity contribution in [2.75, 3.05) is 34.2 Å². The van der Waals surface area contributed by atoms with Gasteiger partial charge in [0.05, 0.1) is 4.90 Å². The molecule has 1 aromatic carbocycles. The first-order valence-corrected chi connectivity index (χ1v) is 10.7. The molecule has 1 heterocycles. The van der Waals surface area contributed by atoms with E-state index in [1.165, 1.54) is 17.1 Å². The number of guanidine groups is 1. The molecule has 0 amide bonds. The predicted octanol–water partition coefficient (Wildman–Crippen LogP) is 2.38. The number of rotatable bonds is 6. The Kier molecular flexibility index (Phi) is 7.06. The second-order valence-electron chi connectivity index (χ2n) is 7.53. The molecule has 1 atom stereocenters. The molecular weight excluding hydrogens is 348 g/mol. The van der Waals surface area contributed by atoms with Crippen LogP contribution >= 0.6 is 0 Å². The fraction of sp³-hybridized carbons (Fsp3) is 0.632. The maximum atomic E-state index is 12.5. The molecule has 0 saturated carbocycles. The number of benzene rings is 1. The van der Waals surface area contributed by atoms with Crippen LogP contribution in [-0.2, 0) is 16.6 Å². The van der Waals surface area contributed by atoms with Crippen LogP contribution in [0.2, 0.25) is 0 Å². The maximum Gasteiger partial charge on any atom is 0.242 e. The summed E-state index contributed by atoms with van der Waals surface area (Å²) in [5.41, 5.74) is 0.750. The first kappa shape index (κ1) is 20.7. The highest BCUT2D eigenvalue weighted by molar-refractivity contribution is 7.89. The van der Waals surface area contributed by atoms with Crippen LogP contribution in [0.15, 0.2) is 34.2 Å². The molecule has 1 saturated heterocycles. The molecule has 1 aliphatic rings. The Morgan fingerprint density at radius 1 is 1.35 bits per heavy atom. The van der Waals surface area contributed by atoms with Crippen molar-refractivity contribution >= 4 is 16.0 Å². The molecule has 0 bridgehead atoms. The molecule has 146 valence electrons. The topological polar surface area (TPSA) is 65.0 Å². The van der Waals surface area contributed by atoms with E-state index in [0.717, 1.165) is 24.6 Å². The van der Waals surface area contributed by atoms with Crippen molar-refractivity contribution in [2.24, 2.45) is 16.8 Å². The lowest BCUT2D eigenvalue weighted by atomic mass is 9.97. The fourth-order valence-corrected chi connectivity index (χ4v) is 4.60. The second-order valence-corrected chi connectivity index (χ2v) is 9.65. The zero-order valence-corrected chi connectivity index (χ0v) is 17.4. The molecule has 0 radical (unpaired) electrons. The molecule has 0 aliphatic carbocycles. The van der Waals surface area contributed by atoms with E-state index >= 15 is 0 Å². The molecule has 7 heteroatoms. The number of sulfonamides is 1. The van der Waals surface area contributed by atoms with Crippen LogP contribution in [-0.4, -0.2) is 57.8 Å². The third-order valence-corrected chi connectivity index (χ3v) is 6.69. The van der Waals surface area contributed by atoms with Gasteiger partial charge in [0.2, 0.25) is 10.0 Å². The van der Waals surface area contributed by atoms with Crippen LogP contribution in [0.25, 0.3) is 0 Å². The van der Waals surface area contributed by atoms with E-state index < -0.39 is 10.0 Å². The quantitative estimate of drug-likeness (QED) is 0.608. The molecule has 0 spiro atoms. The van der Waals surface area contributed by atoms with Crippen molar-refractivity contribution in [2.45, 2.75) is 38.1 Å². The second kappa shape index (κ2) is 8.86. The van der Waals surface area contributed by atoms with Gasteiger partial charge in [-0.1, -0.05) is 32.0 Å². The number of likely N-dealkylation sites (tertiary alicyclic amines) is 1. The summed E-state index contributed by atoms with van der Waals surface area (Å²) in [5, 5.41) is 3.35. The SMILES string of the molecule is CN=C(NCc1ccccc1S(=O)(=O)N(C)C)N1CCC(CC(C)C)C1. The highest BCUT2D eigenvalue weighted by atomic mass is 32.2. The summed E-state index contributed by atoms with van der Waals surface area (Å²) < 4.78 is 26.3.